The maximum atomic E-state index is 13.2. The Bertz CT molecular complexity index is 1000. The number of rotatable bonds is 3. The Labute approximate surface area is 172 Å². The molecule has 2 aliphatic rings. The van der Waals surface area contributed by atoms with Gasteiger partial charge in [-0.2, -0.15) is 4.31 Å². The van der Waals surface area contributed by atoms with Crippen LogP contribution in [0.4, 0.5) is 5.69 Å². The van der Waals surface area contributed by atoms with Gasteiger partial charge < -0.3 is 9.80 Å². The molecule has 1 fully saturated rings. The van der Waals surface area contributed by atoms with Gasteiger partial charge in [-0.15, -0.1) is 0 Å². The standard InChI is InChI=1S/C22H27N3O3S/c1-23-14-15-24(17-19-8-3-4-11-21(19)23)22(26)18-9-7-10-20(16-18)29(27,28)25-12-5-2-6-13-25/h3-4,7-11,16H,2,5-6,12-15,17H2,1H3. The summed E-state index contributed by atoms with van der Waals surface area (Å²) in [4.78, 5) is 17.4. The van der Waals surface area contributed by atoms with Gasteiger partial charge in [-0.1, -0.05) is 30.7 Å². The molecule has 0 atom stereocenters. The van der Waals surface area contributed by atoms with Crippen molar-refractivity contribution in [2.75, 3.05) is 38.1 Å². The average Bonchev–Trinajstić information content (AvgIpc) is 2.93. The molecule has 0 saturated carbocycles. The molecule has 2 aliphatic heterocycles. The smallest absolute Gasteiger partial charge is 0.254 e. The predicted molar refractivity (Wildman–Crippen MR) is 114 cm³/mol. The number of anilines is 1. The van der Waals surface area contributed by atoms with Crippen LogP contribution in [0.1, 0.15) is 35.2 Å². The normalized spacial score (nSPS) is 18.2. The number of nitrogens with zero attached hydrogens (tertiary/aromatic N) is 3. The molecule has 1 amide bonds. The third-order valence-corrected chi connectivity index (χ3v) is 7.69. The van der Waals surface area contributed by atoms with E-state index in [1.165, 1.54) is 10.4 Å². The Morgan fingerprint density at radius 1 is 0.897 bits per heavy atom. The van der Waals surface area contributed by atoms with Crippen LogP contribution in [0.5, 0.6) is 0 Å². The topological polar surface area (TPSA) is 60.9 Å². The molecule has 2 aromatic carbocycles. The number of hydrogen-bond donors (Lipinski definition) is 0. The third kappa shape index (κ3) is 4.02. The lowest BCUT2D eigenvalue weighted by Gasteiger charge is -2.26. The van der Waals surface area contributed by atoms with Gasteiger partial charge in [-0.05, 0) is 42.7 Å². The lowest BCUT2D eigenvalue weighted by atomic mass is 10.1. The van der Waals surface area contributed by atoms with Crippen LogP contribution < -0.4 is 4.90 Å². The van der Waals surface area contributed by atoms with E-state index >= 15 is 0 Å². The number of fused-ring (bicyclic) bond motifs is 1. The SMILES string of the molecule is CN1CCN(C(=O)c2cccc(S(=O)(=O)N3CCCCC3)c2)Cc2ccccc21. The molecule has 4 rings (SSSR count). The second-order valence-corrected chi connectivity index (χ2v) is 9.71. The summed E-state index contributed by atoms with van der Waals surface area (Å²) in [6.07, 6.45) is 2.84. The lowest BCUT2D eigenvalue weighted by molar-refractivity contribution is 0.0751. The third-order valence-electron chi connectivity index (χ3n) is 5.79. The highest BCUT2D eigenvalue weighted by atomic mass is 32.2. The fourth-order valence-corrected chi connectivity index (χ4v) is 5.66. The van der Waals surface area contributed by atoms with Crippen molar-refractivity contribution in [2.45, 2.75) is 30.7 Å². The zero-order valence-corrected chi connectivity index (χ0v) is 17.6. The first-order chi connectivity index (χ1) is 14.0. The van der Waals surface area contributed by atoms with Gasteiger partial charge in [-0.25, -0.2) is 8.42 Å². The molecule has 0 unspecified atom stereocenters. The molecule has 2 heterocycles. The first-order valence-electron chi connectivity index (χ1n) is 10.2. The second-order valence-electron chi connectivity index (χ2n) is 7.77. The second kappa shape index (κ2) is 8.16. The molecule has 0 aliphatic carbocycles. The number of amides is 1. The lowest BCUT2D eigenvalue weighted by Crippen LogP contribution is -2.36. The largest absolute Gasteiger partial charge is 0.373 e. The van der Waals surface area contributed by atoms with Crippen molar-refractivity contribution >= 4 is 21.6 Å². The molecule has 29 heavy (non-hydrogen) atoms. The van der Waals surface area contributed by atoms with E-state index in [-0.39, 0.29) is 10.8 Å². The van der Waals surface area contributed by atoms with E-state index in [4.69, 9.17) is 0 Å². The maximum Gasteiger partial charge on any atom is 0.254 e. The van der Waals surface area contributed by atoms with Crippen LogP contribution in [0.15, 0.2) is 53.4 Å². The van der Waals surface area contributed by atoms with Gasteiger partial charge in [0, 0.05) is 51.0 Å². The van der Waals surface area contributed by atoms with Crippen LogP contribution >= 0.6 is 0 Å². The number of benzene rings is 2. The molecule has 2 aromatic rings. The van der Waals surface area contributed by atoms with E-state index in [1.807, 2.05) is 25.2 Å². The van der Waals surface area contributed by atoms with Gasteiger partial charge in [0.1, 0.15) is 0 Å². The zero-order chi connectivity index (χ0) is 20.4. The van der Waals surface area contributed by atoms with Gasteiger partial charge in [0.15, 0.2) is 0 Å². The molecule has 0 N–H and O–H groups in total. The Morgan fingerprint density at radius 2 is 1.66 bits per heavy atom. The summed E-state index contributed by atoms with van der Waals surface area (Å²) in [6.45, 7) is 2.94. The minimum atomic E-state index is -3.56. The number of para-hydroxylation sites is 1. The average molecular weight is 414 g/mol. The Kier molecular flexibility index (Phi) is 5.61. The predicted octanol–water partition coefficient (Wildman–Crippen LogP) is 2.95. The molecule has 0 aromatic heterocycles. The van der Waals surface area contributed by atoms with E-state index in [0.717, 1.165) is 37.1 Å². The van der Waals surface area contributed by atoms with E-state index in [2.05, 4.69) is 11.0 Å². The number of carbonyl (C=O) groups excluding carboxylic acids is 1. The van der Waals surface area contributed by atoms with Crippen LogP contribution in [0.3, 0.4) is 0 Å². The molecule has 154 valence electrons. The molecule has 6 nitrogen and oxygen atoms in total. The number of hydrogen-bond acceptors (Lipinski definition) is 4. The van der Waals surface area contributed by atoms with Crippen LogP contribution in [-0.4, -0.2) is 56.8 Å². The summed E-state index contributed by atoms with van der Waals surface area (Å²) in [7, 11) is -1.53. The first-order valence-corrected chi connectivity index (χ1v) is 11.6. The van der Waals surface area contributed by atoms with Gasteiger partial charge in [0.25, 0.3) is 5.91 Å². The van der Waals surface area contributed by atoms with E-state index in [1.54, 1.807) is 23.1 Å². The zero-order valence-electron chi connectivity index (χ0n) is 16.8. The number of likely N-dealkylation sites (N-methyl/N-ethyl adjacent to an activating group) is 1. The van der Waals surface area contributed by atoms with Gasteiger partial charge in [0.05, 0.1) is 4.90 Å². The number of sulfonamides is 1. The minimum Gasteiger partial charge on any atom is -0.373 e. The molecule has 0 spiro atoms. The van der Waals surface area contributed by atoms with Crippen molar-refractivity contribution in [3.63, 3.8) is 0 Å². The highest BCUT2D eigenvalue weighted by molar-refractivity contribution is 7.89. The van der Waals surface area contributed by atoms with Gasteiger partial charge in [0.2, 0.25) is 10.0 Å². The fourth-order valence-electron chi connectivity index (χ4n) is 4.09. The van der Waals surface area contributed by atoms with Crippen molar-refractivity contribution in [3.8, 4) is 0 Å². The summed E-state index contributed by atoms with van der Waals surface area (Å²) >= 11 is 0. The number of piperidine rings is 1. The molecule has 0 radical (unpaired) electrons. The monoisotopic (exact) mass is 413 g/mol. The van der Waals surface area contributed by atoms with E-state index in [9.17, 15) is 13.2 Å². The Hall–Kier alpha value is -2.38. The summed E-state index contributed by atoms with van der Waals surface area (Å²) < 4.78 is 27.5. The van der Waals surface area contributed by atoms with E-state index in [0.29, 0.717) is 31.7 Å². The van der Waals surface area contributed by atoms with Crippen LogP contribution in [0, 0.1) is 0 Å². The van der Waals surface area contributed by atoms with Gasteiger partial charge >= 0.3 is 0 Å². The quantitative estimate of drug-likeness (QED) is 0.776. The van der Waals surface area contributed by atoms with Crippen LogP contribution in [-0.2, 0) is 16.6 Å². The number of carbonyl (C=O) groups is 1. The first kappa shape index (κ1) is 19.9. The van der Waals surface area contributed by atoms with Crippen molar-refractivity contribution in [2.24, 2.45) is 0 Å². The fraction of sp³-hybridized carbons (Fsp3) is 0.409. The summed E-state index contributed by atoms with van der Waals surface area (Å²) in [5.74, 6) is -0.134. The molecule has 7 heteroatoms. The summed E-state index contributed by atoms with van der Waals surface area (Å²) in [5.41, 5.74) is 2.65. The molecular weight excluding hydrogens is 386 g/mol. The van der Waals surface area contributed by atoms with Crippen molar-refractivity contribution in [1.82, 2.24) is 9.21 Å². The Morgan fingerprint density at radius 3 is 2.45 bits per heavy atom. The Balaban J connectivity index is 1.59. The highest BCUT2D eigenvalue weighted by Crippen LogP contribution is 2.26. The highest BCUT2D eigenvalue weighted by Gasteiger charge is 2.28. The van der Waals surface area contributed by atoms with E-state index < -0.39 is 10.0 Å². The van der Waals surface area contributed by atoms with Crippen LogP contribution in [0.25, 0.3) is 0 Å². The van der Waals surface area contributed by atoms with Crippen molar-refractivity contribution in [1.29, 1.82) is 0 Å². The molecular formula is C22H27N3O3S. The van der Waals surface area contributed by atoms with Crippen molar-refractivity contribution in [3.05, 3.63) is 59.7 Å². The molecule has 1 saturated heterocycles. The summed E-state index contributed by atoms with van der Waals surface area (Å²) in [6, 6.07) is 14.6. The van der Waals surface area contributed by atoms with Crippen molar-refractivity contribution < 1.29 is 13.2 Å². The van der Waals surface area contributed by atoms with Crippen LogP contribution in [0.2, 0.25) is 0 Å². The molecule has 0 bridgehead atoms. The maximum absolute atomic E-state index is 13.2. The van der Waals surface area contributed by atoms with Gasteiger partial charge in [-0.3, -0.25) is 4.79 Å². The minimum absolute atomic E-state index is 0.134. The summed E-state index contributed by atoms with van der Waals surface area (Å²) in [5, 5.41) is 0.